The lowest BCUT2D eigenvalue weighted by molar-refractivity contribution is -0.148. The molecule has 0 bridgehead atoms. The zero-order chi connectivity index (χ0) is 33.5. The molecule has 1 unspecified atom stereocenters. The van der Waals surface area contributed by atoms with Crippen LogP contribution in [0.4, 0.5) is 0 Å². The van der Waals surface area contributed by atoms with Crippen LogP contribution in [0, 0.1) is 5.92 Å². The largest absolute Gasteiger partial charge is 0.307 e. The minimum atomic E-state index is -0.484. The summed E-state index contributed by atoms with van der Waals surface area (Å²) in [4.78, 5) is 41.7. The maximum absolute atomic E-state index is 13.3. The molecule has 3 aliphatic rings. The van der Waals surface area contributed by atoms with Crippen molar-refractivity contribution in [3.05, 3.63) is 12.2 Å². The molecule has 3 rings (SSSR count). The molecule has 8 nitrogen and oxygen atoms in total. The Labute approximate surface area is 275 Å². The number of carbonyl (C=O) groups excluding carboxylic acids is 3. The van der Waals surface area contributed by atoms with Crippen LogP contribution in [0.15, 0.2) is 12.2 Å². The van der Waals surface area contributed by atoms with Crippen LogP contribution in [0.5, 0.6) is 0 Å². The number of nitrogens with zero attached hydrogens (tertiary/aromatic N) is 2. The number of nitrogens with one attached hydrogen (secondary N) is 3. The van der Waals surface area contributed by atoms with Gasteiger partial charge in [0.1, 0.15) is 0 Å². The summed E-state index contributed by atoms with van der Waals surface area (Å²) in [7, 11) is 0. The van der Waals surface area contributed by atoms with Gasteiger partial charge < -0.3 is 10.6 Å². The van der Waals surface area contributed by atoms with Crippen molar-refractivity contribution in [3.63, 3.8) is 0 Å². The van der Waals surface area contributed by atoms with Crippen LogP contribution in [-0.2, 0) is 14.4 Å². The molecule has 0 saturated carbocycles. The average Bonchev–Trinajstić information content (AvgIpc) is 3.13. The second-order valence-electron chi connectivity index (χ2n) is 17.0. The molecule has 3 N–H and O–H groups in total. The molecule has 3 fully saturated rings. The number of piperidine rings is 2. The molecule has 3 amide bonds. The third-order valence-electron chi connectivity index (χ3n) is 9.88. The first-order valence-corrected chi connectivity index (χ1v) is 18.1. The van der Waals surface area contributed by atoms with E-state index in [1.807, 2.05) is 12.2 Å². The van der Waals surface area contributed by atoms with Gasteiger partial charge in [0.05, 0.1) is 5.92 Å². The van der Waals surface area contributed by atoms with Crippen LogP contribution in [0.2, 0.25) is 0 Å². The van der Waals surface area contributed by atoms with Gasteiger partial charge in [0.15, 0.2) is 0 Å². The zero-order valence-corrected chi connectivity index (χ0v) is 30.3. The van der Waals surface area contributed by atoms with E-state index >= 15 is 0 Å². The van der Waals surface area contributed by atoms with Gasteiger partial charge in [0.2, 0.25) is 11.8 Å². The summed E-state index contributed by atoms with van der Waals surface area (Å²) in [6, 6.07) is 0.647. The number of carbonyl (C=O) groups is 3. The van der Waals surface area contributed by atoms with Gasteiger partial charge in [-0.2, -0.15) is 5.01 Å². The molecule has 0 spiro atoms. The lowest BCUT2D eigenvalue weighted by Crippen LogP contribution is -2.67. The topological polar surface area (TPSA) is 93.8 Å². The van der Waals surface area contributed by atoms with Crippen molar-refractivity contribution in [1.29, 1.82) is 0 Å². The van der Waals surface area contributed by atoms with Crippen LogP contribution in [0.3, 0.4) is 0 Å². The molecule has 3 aliphatic heterocycles. The van der Waals surface area contributed by atoms with Gasteiger partial charge in [-0.3, -0.25) is 24.7 Å². The first kappa shape index (κ1) is 37.7. The van der Waals surface area contributed by atoms with Gasteiger partial charge >= 0.3 is 0 Å². The number of rotatable bonds is 16. The van der Waals surface area contributed by atoms with Gasteiger partial charge in [0, 0.05) is 53.6 Å². The third kappa shape index (κ3) is 12.1. The summed E-state index contributed by atoms with van der Waals surface area (Å²) >= 11 is 0. The van der Waals surface area contributed by atoms with Crippen LogP contribution in [0.1, 0.15) is 159 Å². The third-order valence-corrected chi connectivity index (χ3v) is 9.88. The van der Waals surface area contributed by atoms with Crippen LogP contribution in [0.25, 0.3) is 0 Å². The standard InChI is InChI=1S/C37H67N5O3/c1-10-11-12-13-14-15-16-17-18-19-20-28-23-32(44)42(33(28)45)38-31(43)21-22-41(29-24-34(2,3)39-35(4,5)25-29)30-26-36(6,7)40-37(8,9)27-30/h19-20,28-30,39-40H,10-18,21-27H2,1-9H3,(H,38,43). The number of hydrogen-bond acceptors (Lipinski definition) is 6. The van der Waals surface area contributed by atoms with Crippen molar-refractivity contribution in [1.82, 2.24) is 26.0 Å². The van der Waals surface area contributed by atoms with E-state index in [0.717, 1.165) is 43.5 Å². The first-order valence-electron chi connectivity index (χ1n) is 18.1. The van der Waals surface area contributed by atoms with Gasteiger partial charge in [-0.05, 0) is 93.9 Å². The Morgan fingerprint density at radius 3 is 1.76 bits per heavy atom. The normalized spacial score (nSPS) is 25.0. The van der Waals surface area contributed by atoms with Gasteiger partial charge in [-0.25, -0.2) is 0 Å². The van der Waals surface area contributed by atoms with Crippen molar-refractivity contribution in [2.75, 3.05) is 6.54 Å². The van der Waals surface area contributed by atoms with E-state index in [1.54, 1.807) is 0 Å². The highest BCUT2D eigenvalue weighted by molar-refractivity contribution is 6.05. The molecular formula is C37H67N5O3. The summed E-state index contributed by atoms with van der Waals surface area (Å²) in [6.07, 6.45) is 19.3. The number of unbranched alkanes of at least 4 members (excludes halogenated alkanes) is 8. The lowest BCUT2D eigenvalue weighted by atomic mass is 9.75. The number of allylic oxidation sites excluding steroid dienone is 1. The lowest BCUT2D eigenvalue weighted by Gasteiger charge is -2.55. The molecule has 3 saturated heterocycles. The molecule has 8 heteroatoms. The first-order chi connectivity index (χ1) is 20.9. The molecule has 0 radical (unpaired) electrons. The van der Waals surface area contributed by atoms with Crippen LogP contribution >= 0.6 is 0 Å². The molecule has 1 atom stereocenters. The Hall–Kier alpha value is -1.77. The number of hydrogen-bond donors (Lipinski definition) is 3. The van der Waals surface area contributed by atoms with Gasteiger partial charge in [-0.1, -0.05) is 64.0 Å². The van der Waals surface area contributed by atoms with Gasteiger partial charge in [0.25, 0.3) is 5.91 Å². The molecule has 0 aromatic carbocycles. The minimum absolute atomic E-state index is 0.0178. The Morgan fingerprint density at radius 1 is 0.800 bits per heavy atom. The SMILES string of the molecule is CCCCCCCCCCC=CC1CC(=O)N(NC(=O)CCN(C2CC(C)(C)NC(C)(C)C2)C2CC(C)(C)NC(C)(C)C2)C1=O. The van der Waals surface area contributed by atoms with E-state index < -0.39 is 5.92 Å². The highest BCUT2D eigenvalue weighted by Crippen LogP contribution is 2.38. The smallest absolute Gasteiger partial charge is 0.255 e. The quantitative estimate of drug-likeness (QED) is 0.0989. The van der Waals surface area contributed by atoms with Crippen molar-refractivity contribution < 1.29 is 14.4 Å². The summed E-state index contributed by atoms with van der Waals surface area (Å²) in [5.74, 6) is -1.40. The number of amides is 3. The molecular weight excluding hydrogens is 562 g/mol. The monoisotopic (exact) mass is 630 g/mol. The molecule has 45 heavy (non-hydrogen) atoms. The van der Waals surface area contributed by atoms with Crippen molar-refractivity contribution in [3.8, 4) is 0 Å². The zero-order valence-electron chi connectivity index (χ0n) is 30.3. The molecule has 258 valence electrons. The fourth-order valence-corrected chi connectivity index (χ4v) is 8.66. The molecule has 0 aromatic heterocycles. The van der Waals surface area contributed by atoms with E-state index in [-0.39, 0.29) is 52.7 Å². The summed E-state index contributed by atoms with van der Waals surface area (Å²) < 4.78 is 0. The second-order valence-corrected chi connectivity index (χ2v) is 17.0. The predicted octanol–water partition coefficient (Wildman–Crippen LogP) is 6.79. The van der Waals surface area contributed by atoms with Crippen molar-refractivity contribution >= 4 is 17.7 Å². The van der Waals surface area contributed by atoms with Crippen LogP contribution in [-0.4, -0.2) is 68.4 Å². The summed E-state index contributed by atoms with van der Waals surface area (Å²) in [5.41, 5.74) is 2.61. The van der Waals surface area contributed by atoms with Gasteiger partial charge in [-0.15, -0.1) is 0 Å². The van der Waals surface area contributed by atoms with Crippen LogP contribution < -0.4 is 16.1 Å². The summed E-state index contributed by atoms with van der Waals surface area (Å²) in [6.45, 7) is 21.0. The minimum Gasteiger partial charge on any atom is -0.307 e. The van der Waals surface area contributed by atoms with Crippen molar-refractivity contribution in [2.45, 2.75) is 193 Å². The Balaban J connectivity index is 1.56. The van der Waals surface area contributed by atoms with E-state index in [9.17, 15) is 14.4 Å². The van der Waals surface area contributed by atoms with E-state index in [0.29, 0.717) is 18.6 Å². The molecule has 0 aliphatic carbocycles. The van der Waals surface area contributed by atoms with Crippen molar-refractivity contribution in [2.24, 2.45) is 5.92 Å². The van der Waals surface area contributed by atoms with E-state index in [1.165, 1.54) is 44.9 Å². The Kier molecular flexibility index (Phi) is 13.3. The summed E-state index contributed by atoms with van der Waals surface area (Å²) in [5, 5.41) is 8.60. The Morgan fingerprint density at radius 2 is 1.27 bits per heavy atom. The second kappa shape index (κ2) is 15.9. The predicted molar refractivity (Wildman–Crippen MR) is 184 cm³/mol. The maximum atomic E-state index is 13.3. The average molecular weight is 630 g/mol. The fourth-order valence-electron chi connectivity index (χ4n) is 8.66. The number of hydrazine groups is 1. The number of imide groups is 1. The Bertz CT molecular complexity index is 963. The molecule has 0 aromatic rings. The highest BCUT2D eigenvalue weighted by Gasteiger charge is 2.46. The maximum Gasteiger partial charge on any atom is 0.255 e. The van der Waals surface area contributed by atoms with E-state index in [2.05, 4.69) is 83.3 Å². The molecule has 3 heterocycles. The van der Waals surface area contributed by atoms with E-state index in [4.69, 9.17) is 0 Å². The highest BCUT2D eigenvalue weighted by atomic mass is 16.2. The fraction of sp³-hybridized carbons (Fsp3) is 0.865.